The van der Waals surface area contributed by atoms with Crippen molar-refractivity contribution >= 4 is 23.5 Å². The SMILES string of the molecule is CCOc1ccc(Cl)cc1CCNC(=O)Cc1cccc(C(=O)O)c1. The summed E-state index contributed by atoms with van der Waals surface area (Å²) in [6.07, 6.45) is 0.728. The minimum Gasteiger partial charge on any atom is -0.494 e. The highest BCUT2D eigenvalue weighted by molar-refractivity contribution is 6.30. The number of halogens is 1. The van der Waals surface area contributed by atoms with Gasteiger partial charge >= 0.3 is 5.97 Å². The van der Waals surface area contributed by atoms with Gasteiger partial charge in [0.1, 0.15) is 5.75 Å². The summed E-state index contributed by atoms with van der Waals surface area (Å²) in [5.41, 5.74) is 1.77. The Hall–Kier alpha value is -2.53. The lowest BCUT2D eigenvalue weighted by Crippen LogP contribution is -2.27. The third-order valence-electron chi connectivity index (χ3n) is 3.58. The molecule has 2 aromatic rings. The first-order valence-electron chi connectivity index (χ1n) is 7.99. The summed E-state index contributed by atoms with van der Waals surface area (Å²) in [5, 5.41) is 12.4. The summed E-state index contributed by atoms with van der Waals surface area (Å²) in [6.45, 7) is 2.91. The Morgan fingerprint density at radius 1 is 1.20 bits per heavy atom. The van der Waals surface area contributed by atoms with Crippen LogP contribution in [0.4, 0.5) is 0 Å². The van der Waals surface area contributed by atoms with Crippen molar-refractivity contribution in [3.8, 4) is 5.75 Å². The molecule has 1 amide bonds. The van der Waals surface area contributed by atoms with Crippen molar-refractivity contribution in [3.05, 3.63) is 64.2 Å². The number of ether oxygens (including phenoxy) is 1. The number of nitrogens with one attached hydrogen (secondary N) is 1. The Bertz CT molecular complexity index is 761. The fraction of sp³-hybridized carbons (Fsp3) is 0.263. The molecule has 25 heavy (non-hydrogen) atoms. The Morgan fingerprint density at radius 3 is 2.72 bits per heavy atom. The molecule has 0 aliphatic rings. The zero-order chi connectivity index (χ0) is 18.2. The first kappa shape index (κ1) is 18.8. The van der Waals surface area contributed by atoms with Gasteiger partial charge in [0, 0.05) is 11.6 Å². The van der Waals surface area contributed by atoms with E-state index in [1.165, 1.54) is 12.1 Å². The molecule has 0 aromatic heterocycles. The van der Waals surface area contributed by atoms with Crippen molar-refractivity contribution < 1.29 is 19.4 Å². The Labute approximate surface area is 151 Å². The van der Waals surface area contributed by atoms with E-state index in [9.17, 15) is 9.59 Å². The van der Waals surface area contributed by atoms with Crippen LogP contribution in [0.25, 0.3) is 0 Å². The van der Waals surface area contributed by atoms with Crippen LogP contribution in [-0.4, -0.2) is 30.1 Å². The van der Waals surface area contributed by atoms with Crippen LogP contribution in [0.2, 0.25) is 5.02 Å². The molecule has 0 spiro atoms. The number of amides is 1. The molecule has 2 N–H and O–H groups in total. The van der Waals surface area contributed by atoms with Gasteiger partial charge in [-0.25, -0.2) is 4.79 Å². The van der Waals surface area contributed by atoms with Crippen molar-refractivity contribution in [1.29, 1.82) is 0 Å². The number of carbonyl (C=O) groups excluding carboxylic acids is 1. The molecule has 0 radical (unpaired) electrons. The molecule has 0 heterocycles. The Morgan fingerprint density at radius 2 is 2.00 bits per heavy atom. The molecule has 0 fully saturated rings. The number of hydrogen-bond donors (Lipinski definition) is 2. The van der Waals surface area contributed by atoms with Crippen LogP contribution in [0.3, 0.4) is 0 Å². The zero-order valence-corrected chi connectivity index (χ0v) is 14.7. The van der Waals surface area contributed by atoms with Crippen LogP contribution in [0.5, 0.6) is 5.75 Å². The van der Waals surface area contributed by atoms with E-state index in [-0.39, 0.29) is 17.9 Å². The second-order valence-electron chi connectivity index (χ2n) is 5.47. The highest BCUT2D eigenvalue weighted by Crippen LogP contribution is 2.23. The second kappa shape index (κ2) is 9.08. The molecule has 132 valence electrons. The molecule has 0 aliphatic carbocycles. The van der Waals surface area contributed by atoms with E-state index >= 15 is 0 Å². The molecular weight excluding hydrogens is 342 g/mol. The topological polar surface area (TPSA) is 75.6 Å². The van der Waals surface area contributed by atoms with Crippen LogP contribution < -0.4 is 10.1 Å². The van der Waals surface area contributed by atoms with Crippen molar-refractivity contribution in [2.75, 3.05) is 13.2 Å². The van der Waals surface area contributed by atoms with Gasteiger partial charge in [-0.2, -0.15) is 0 Å². The fourth-order valence-corrected chi connectivity index (χ4v) is 2.63. The largest absolute Gasteiger partial charge is 0.494 e. The third-order valence-corrected chi connectivity index (χ3v) is 3.81. The maximum Gasteiger partial charge on any atom is 0.335 e. The van der Waals surface area contributed by atoms with E-state index in [4.69, 9.17) is 21.4 Å². The molecule has 6 heteroatoms. The number of benzene rings is 2. The molecule has 0 atom stereocenters. The van der Waals surface area contributed by atoms with Crippen LogP contribution in [0, 0.1) is 0 Å². The number of carboxylic acid groups (broad SMARTS) is 1. The summed E-state index contributed by atoms with van der Waals surface area (Å²) in [4.78, 5) is 23.0. The summed E-state index contributed by atoms with van der Waals surface area (Å²) >= 11 is 6.02. The predicted octanol–water partition coefficient (Wildman–Crippen LogP) is 3.34. The molecule has 5 nitrogen and oxygen atoms in total. The summed E-state index contributed by atoms with van der Waals surface area (Å²) < 4.78 is 5.55. The van der Waals surface area contributed by atoms with Gasteiger partial charge in [0.2, 0.25) is 5.91 Å². The van der Waals surface area contributed by atoms with Crippen molar-refractivity contribution in [2.45, 2.75) is 19.8 Å². The van der Waals surface area contributed by atoms with E-state index < -0.39 is 5.97 Å². The van der Waals surface area contributed by atoms with Crippen molar-refractivity contribution in [2.24, 2.45) is 0 Å². The number of rotatable bonds is 8. The highest BCUT2D eigenvalue weighted by atomic mass is 35.5. The Kier molecular flexibility index (Phi) is 6.83. The molecule has 0 saturated carbocycles. The summed E-state index contributed by atoms with van der Waals surface area (Å²) in [7, 11) is 0. The summed E-state index contributed by atoms with van der Waals surface area (Å²) in [6, 6.07) is 11.8. The summed E-state index contributed by atoms with van der Waals surface area (Å²) in [5.74, 6) is -0.412. The van der Waals surface area contributed by atoms with E-state index in [1.807, 2.05) is 19.1 Å². The normalized spacial score (nSPS) is 10.3. The third kappa shape index (κ3) is 5.80. The predicted molar refractivity (Wildman–Crippen MR) is 96.4 cm³/mol. The molecule has 0 aliphatic heterocycles. The van der Waals surface area contributed by atoms with Gasteiger partial charge in [0.15, 0.2) is 0 Å². The van der Waals surface area contributed by atoms with Crippen LogP contribution in [0.15, 0.2) is 42.5 Å². The van der Waals surface area contributed by atoms with E-state index in [2.05, 4.69) is 5.32 Å². The fourth-order valence-electron chi connectivity index (χ4n) is 2.44. The maximum atomic E-state index is 12.0. The van der Waals surface area contributed by atoms with Crippen LogP contribution in [0.1, 0.15) is 28.4 Å². The van der Waals surface area contributed by atoms with Gasteiger partial charge in [0.05, 0.1) is 18.6 Å². The van der Waals surface area contributed by atoms with Crippen molar-refractivity contribution in [3.63, 3.8) is 0 Å². The zero-order valence-electron chi connectivity index (χ0n) is 13.9. The highest BCUT2D eigenvalue weighted by Gasteiger charge is 2.09. The first-order valence-corrected chi connectivity index (χ1v) is 8.37. The monoisotopic (exact) mass is 361 g/mol. The molecule has 0 saturated heterocycles. The lowest BCUT2D eigenvalue weighted by Gasteiger charge is -2.11. The minimum atomic E-state index is -1.01. The number of carbonyl (C=O) groups is 2. The van der Waals surface area contributed by atoms with Gasteiger partial charge in [-0.1, -0.05) is 23.7 Å². The maximum absolute atomic E-state index is 12.0. The average molecular weight is 362 g/mol. The van der Waals surface area contributed by atoms with Gasteiger partial charge in [-0.3, -0.25) is 4.79 Å². The molecular formula is C19H20ClNO4. The van der Waals surface area contributed by atoms with Crippen molar-refractivity contribution in [1.82, 2.24) is 5.32 Å². The smallest absolute Gasteiger partial charge is 0.335 e. The first-order chi connectivity index (χ1) is 12.0. The quantitative estimate of drug-likeness (QED) is 0.756. The van der Waals surface area contributed by atoms with Crippen LogP contribution >= 0.6 is 11.6 Å². The van der Waals surface area contributed by atoms with Gasteiger partial charge in [-0.05, 0) is 54.8 Å². The van der Waals surface area contributed by atoms with Gasteiger partial charge in [0.25, 0.3) is 0 Å². The molecule has 2 aromatic carbocycles. The number of hydrogen-bond acceptors (Lipinski definition) is 3. The Balaban J connectivity index is 1.90. The van der Waals surface area contributed by atoms with Gasteiger partial charge < -0.3 is 15.2 Å². The van der Waals surface area contributed by atoms with Gasteiger partial charge in [-0.15, -0.1) is 0 Å². The number of aromatic carboxylic acids is 1. The molecule has 0 bridgehead atoms. The lowest BCUT2D eigenvalue weighted by molar-refractivity contribution is -0.120. The van der Waals surface area contributed by atoms with E-state index in [0.717, 1.165) is 11.3 Å². The lowest BCUT2D eigenvalue weighted by atomic mass is 10.1. The van der Waals surface area contributed by atoms with E-state index in [1.54, 1.807) is 18.2 Å². The number of carboxylic acids is 1. The second-order valence-corrected chi connectivity index (χ2v) is 5.90. The average Bonchev–Trinajstić information content (AvgIpc) is 2.57. The molecule has 0 unspecified atom stereocenters. The van der Waals surface area contributed by atoms with E-state index in [0.29, 0.717) is 30.2 Å². The molecule has 2 rings (SSSR count). The minimum absolute atomic E-state index is 0.134. The standard InChI is InChI=1S/C19H20ClNO4/c1-2-25-17-7-6-16(20)12-14(17)8-9-21-18(22)11-13-4-3-5-15(10-13)19(23)24/h3-7,10,12H,2,8-9,11H2,1H3,(H,21,22)(H,23,24). The van der Waals surface area contributed by atoms with Crippen LogP contribution in [-0.2, 0) is 17.6 Å².